The Hall–Kier alpha value is -1.32. The van der Waals surface area contributed by atoms with Crippen molar-refractivity contribution in [1.29, 1.82) is 0 Å². The van der Waals surface area contributed by atoms with Gasteiger partial charge in [-0.05, 0) is 0 Å². The van der Waals surface area contributed by atoms with Gasteiger partial charge in [-0.15, -0.1) is 0 Å². The molecular weight excluding hydrogens is 293 g/mol. The van der Waals surface area contributed by atoms with Crippen molar-refractivity contribution < 1.29 is 39.6 Å². The fraction of sp³-hybridized carbons (Fsp3) is 0. The molecule has 68 valence electrons. The molecule has 0 unspecified atom stereocenters. The molecule has 0 fully saturated rings. The van der Waals surface area contributed by atoms with Crippen molar-refractivity contribution in [3.05, 3.63) is 0 Å². The molecule has 0 aliphatic heterocycles. The first-order valence-electron chi connectivity index (χ1n) is 2.13. The van der Waals surface area contributed by atoms with Crippen LogP contribution in [-0.4, -0.2) is 47.8 Å². The molecule has 0 saturated carbocycles. The van der Waals surface area contributed by atoms with Crippen LogP contribution in [-0.2, 0) is 19.2 Å². The molecule has 9 heteroatoms. The van der Waals surface area contributed by atoms with Crippen LogP contribution >= 0.6 is 0 Å². The van der Waals surface area contributed by atoms with Crippen LogP contribution in [0.3, 0.4) is 0 Å². The molecule has 0 N–H and O–H groups in total. The third kappa shape index (κ3) is 18.0. The van der Waals surface area contributed by atoms with Crippen molar-refractivity contribution in [3.8, 4) is 0 Å². The Balaban J connectivity index is -0.000000143. The summed E-state index contributed by atoms with van der Waals surface area (Å²) in [6.45, 7) is 0. The summed E-state index contributed by atoms with van der Waals surface area (Å²) in [6, 6.07) is 0. The van der Waals surface area contributed by atoms with Gasteiger partial charge in [-0.3, -0.25) is 0 Å². The Kier molecular flexibility index (Phi) is 11.9. The maximum Gasteiger partial charge on any atom is 4.00 e. The van der Waals surface area contributed by atoms with Gasteiger partial charge in [-0.2, -0.15) is 0 Å². The number of carbonyl (C=O) groups excluding carboxylic acids is 4. The normalized spacial score (nSPS) is 6.77. The van der Waals surface area contributed by atoms with Crippen molar-refractivity contribution in [3.63, 3.8) is 0 Å². The fourth-order valence-electron chi connectivity index (χ4n) is 0. The minimum Gasteiger partial charge on any atom is -0.543 e. The summed E-state index contributed by atoms with van der Waals surface area (Å²) in [5.41, 5.74) is 0. The van der Waals surface area contributed by atoms with Gasteiger partial charge in [0.05, 0.1) is 23.9 Å². The average Bonchev–Trinajstić information content (AvgIpc) is 1.88. The first-order chi connectivity index (χ1) is 5.29. The minimum atomic E-state index is -2.19. The minimum absolute atomic E-state index is 0. The predicted octanol–water partition coefficient (Wildman–Crippen LogP) is -7.41. The molecule has 13 heavy (non-hydrogen) atoms. The van der Waals surface area contributed by atoms with E-state index in [1.54, 1.807) is 0 Å². The maximum atomic E-state index is 8.93. The Morgan fingerprint density at radius 2 is 0.615 bits per heavy atom. The Bertz CT molecular complexity index is 172. The van der Waals surface area contributed by atoms with Gasteiger partial charge in [-0.25, -0.2) is 0 Å². The second-order valence-electron chi connectivity index (χ2n) is 1.15. The van der Waals surface area contributed by atoms with Crippen LogP contribution < -0.4 is 20.4 Å². The molecule has 0 bridgehead atoms. The van der Waals surface area contributed by atoms with Gasteiger partial charge in [-0.1, -0.05) is 0 Å². The fourth-order valence-corrected chi connectivity index (χ4v) is 0. The van der Waals surface area contributed by atoms with Crippen LogP contribution in [0.1, 0.15) is 0 Å². The van der Waals surface area contributed by atoms with Gasteiger partial charge in [0.1, 0.15) is 0 Å². The average molecular weight is 293 g/mol. The quantitative estimate of drug-likeness (QED) is 0.314. The molecule has 0 amide bonds. The van der Waals surface area contributed by atoms with Crippen molar-refractivity contribution in [2.75, 3.05) is 0 Å². The predicted molar refractivity (Wildman–Crippen MR) is 25.8 cm³/mol. The van der Waals surface area contributed by atoms with E-state index in [1.807, 2.05) is 0 Å². The summed E-state index contributed by atoms with van der Waals surface area (Å²) < 4.78 is 0. The zero-order valence-corrected chi connectivity index (χ0v) is 8.62. The third-order valence-electron chi connectivity index (χ3n) is 0.333. The van der Waals surface area contributed by atoms with E-state index in [0.717, 1.165) is 0 Å². The Morgan fingerprint density at radius 1 is 0.538 bits per heavy atom. The standard InChI is InChI=1S/2C2H2O4.Sn/c2*3-1(4)2(5)6;/h2*(H,3,4)(H,5,6);/q;;+4/p-4/i;;1-2. The largest absolute Gasteiger partial charge is 4.00 e. The summed E-state index contributed by atoms with van der Waals surface area (Å²) in [7, 11) is 0. The summed E-state index contributed by atoms with van der Waals surface area (Å²) in [5.74, 6) is -8.74. The summed E-state index contributed by atoms with van der Waals surface area (Å²) in [5, 5.41) is 35.7. The van der Waals surface area contributed by atoms with E-state index >= 15 is 0 Å². The number of aliphatic carboxylic acids is 4. The molecular formula is C4O8Sn. The molecule has 0 atom stereocenters. The van der Waals surface area contributed by atoms with E-state index in [2.05, 4.69) is 0 Å². The van der Waals surface area contributed by atoms with Gasteiger partial charge in [0.25, 0.3) is 0 Å². The molecule has 0 rings (SSSR count). The third-order valence-corrected chi connectivity index (χ3v) is 0.333. The topological polar surface area (TPSA) is 161 Å². The van der Waals surface area contributed by atoms with Crippen LogP contribution in [0.4, 0.5) is 0 Å². The second kappa shape index (κ2) is 8.77. The molecule has 0 spiro atoms. The molecule has 0 aromatic heterocycles. The van der Waals surface area contributed by atoms with E-state index in [1.165, 1.54) is 0 Å². The summed E-state index contributed by atoms with van der Waals surface area (Å²) in [6.07, 6.45) is 0. The van der Waals surface area contributed by atoms with Gasteiger partial charge in [0.2, 0.25) is 0 Å². The second-order valence-corrected chi connectivity index (χ2v) is 1.15. The van der Waals surface area contributed by atoms with Crippen LogP contribution in [0, 0.1) is 0 Å². The maximum absolute atomic E-state index is 8.93. The summed E-state index contributed by atoms with van der Waals surface area (Å²) >= 11 is 0. The number of hydrogen-bond donors (Lipinski definition) is 0. The molecule has 0 aliphatic rings. The zero-order chi connectivity index (χ0) is 10.3. The van der Waals surface area contributed by atoms with Gasteiger partial charge in [0.15, 0.2) is 0 Å². The van der Waals surface area contributed by atoms with E-state index in [4.69, 9.17) is 39.6 Å². The number of hydrogen-bond acceptors (Lipinski definition) is 8. The van der Waals surface area contributed by atoms with Crippen molar-refractivity contribution in [2.45, 2.75) is 0 Å². The first kappa shape index (κ1) is 17.7. The molecule has 0 aromatic rings. The smallest absolute Gasteiger partial charge is 0.543 e. The molecule has 0 heterocycles. The SMILES string of the molecule is O=C([O-])C(=O)[O-].O=C([O-])C(=O)[O-].[117Sn+4]. The Labute approximate surface area is 87.7 Å². The molecule has 0 radical (unpaired) electrons. The molecule has 0 aliphatic carbocycles. The van der Waals surface area contributed by atoms with Gasteiger partial charge in [0, 0.05) is 0 Å². The number of carbonyl (C=O) groups is 4. The van der Waals surface area contributed by atoms with Crippen LogP contribution in [0.5, 0.6) is 0 Å². The van der Waals surface area contributed by atoms with Crippen molar-refractivity contribution in [1.82, 2.24) is 0 Å². The van der Waals surface area contributed by atoms with Crippen molar-refractivity contribution in [2.24, 2.45) is 0 Å². The summed E-state index contributed by atoms with van der Waals surface area (Å²) in [4.78, 5) is 35.7. The van der Waals surface area contributed by atoms with E-state index in [0.29, 0.717) is 0 Å². The van der Waals surface area contributed by atoms with Crippen LogP contribution in [0.25, 0.3) is 0 Å². The van der Waals surface area contributed by atoms with Gasteiger partial charge >= 0.3 is 23.9 Å². The monoisotopic (exact) mass is 293 g/mol. The number of rotatable bonds is 0. The van der Waals surface area contributed by atoms with Gasteiger partial charge < -0.3 is 39.6 Å². The molecule has 0 aromatic carbocycles. The van der Waals surface area contributed by atoms with E-state index in [-0.39, 0.29) is 23.9 Å². The number of carboxylic acids is 4. The van der Waals surface area contributed by atoms with Crippen LogP contribution in [0.2, 0.25) is 0 Å². The first-order valence-corrected chi connectivity index (χ1v) is 2.13. The molecule has 8 nitrogen and oxygen atoms in total. The van der Waals surface area contributed by atoms with E-state index < -0.39 is 23.9 Å². The molecule has 0 saturated heterocycles. The number of carboxylic acid groups (broad SMARTS) is 4. The van der Waals surface area contributed by atoms with Crippen molar-refractivity contribution >= 4 is 47.8 Å². The Morgan fingerprint density at radius 3 is 0.615 bits per heavy atom. The van der Waals surface area contributed by atoms with Crippen LogP contribution in [0.15, 0.2) is 0 Å². The van der Waals surface area contributed by atoms with E-state index in [9.17, 15) is 0 Å². The zero-order valence-electron chi connectivity index (χ0n) is 5.77.